The van der Waals surface area contributed by atoms with Gasteiger partial charge in [-0.1, -0.05) is 23.7 Å². The molecule has 1 amide bonds. The minimum Gasteiger partial charge on any atom is -0.346 e. The Labute approximate surface area is 146 Å². The second-order valence-electron chi connectivity index (χ2n) is 4.62. The second kappa shape index (κ2) is 6.92. The number of benzene rings is 1. The molecule has 0 spiro atoms. The molecule has 2 aromatic heterocycles. The first kappa shape index (κ1) is 15.7. The lowest BCUT2D eigenvalue weighted by atomic mass is 10.1. The van der Waals surface area contributed by atoms with Crippen LogP contribution in [0.5, 0.6) is 0 Å². The fourth-order valence-electron chi connectivity index (χ4n) is 1.90. The van der Waals surface area contributed by atoms with Crippen LogP contribution in [0.1, 0.15) is 20.9 Å². The van der Waals surface area contributed by atoms with Crippen LogP contribution in [0.4, 0.5) is 0 Å². The highest BCUT2D eigenvalue weighted by Gasteiger charge is 2.10. The monoisotopic (exact) mass is 359 g/mol. The van der Waals surface area contributed by atoms with Gasteiger partial charge in [0.05, 0.1) is 33.1 Å². The number of nitrogens with zero attached hydrogens (tertiary/aromatic N) is 2. The topological polar surface area (TPSA) is 65.8 Å². The lowest BCUT2D eigenvalue weighted by Gasteiger charge is -2.00. The highest BCUT2D eigenvalue weighted by Crippen LogP contribution is 2.24. The van der Waals surface area contributed by atoms with Gasteiger partial charge < -0.3 is 5.32 Å². The van der Waals surface area contributed by atoms with Crippen LogP contribution < -0.4 is 5.32 Å². The summed E-state index contributed by atoms with van der Waals surface area (Å²) in [5.41, 5.74) is 2.37. The van der Waals surface area contributed by atoms with Crippen molar-refractivity contribution in [1.82, 2.24) is 10.3 Å². The van der Waals surface area contributed by atoms with Gasteiger partial charge in [0.1, 0.15) is 5.01 Å². The Bertz CT molecular complexity index is 877. The van der Waals surface area contributed by atoms with Crippen LogP contribution in [-0.2, 0) is 6.54 Å². The molecule has 0 saturated carbocycles. The number of nitrogens with one attached hydrogen (secondary N) is 1. The maximum absolute atomic E-state index is 12.0. The van der Waals surface area contributed by atoms with Crippen LogP contribution in [0.3, 0.4) is 0 Å². The van der Waals surface area contributed by atoms with Crippen LogP contribution in [-0.4, -0.2) is 10.9 Å². The summed E-state index contributed by atoms with van der Waals surface area (Å²) in [5.74, 6) is -0.158. The normalized spacial score (nSPS) is 10.3. The zero-order valence-electron chi connectivity index (χ0n) is 11.7. The molecule has 0 aliphatic heterocycles. The van der Waals surface area contributed by atoms with Gasteiger partial charge in [-0.25, -0.2) is 4.98 Å². The molecule has 23 heavy (non-hydrogen) atoms. The summed E-state index contributed by atoms with van der Waals surface area (Å²) in [5, 5.41) is 14.4. The summed E-state index contributed by atoms with van der Waals surface area (Å²) in [6.45, 7) is 0.362. The van der Waals surface area contributed by atoms with Gasteiger partial charge in [-0.15, -0.1) is 22.7 Å². The number of thiophene rings is 1. The fourth-order valence-corrected chi connectivity index (χ4v) is 3.69. The van der Waals surface area contributed by atoms with Crippen LogP contribution in [0.15, 0.2) is 41.8 Å². The van der Waals surface area contributed by atoms with Crippen molar-refractivity contribution in [3.8, 4) is 16.6 Å². The Kier molecular flexibility index (Phi) is 4.72. The van der Waals surface area contributed by atoms with Crippen LogP contribution in [0.25, 0.3) is 10.6 Å². The average Bonchev–Trinajstić information content (AvgIpc) is 3.22. The van der Waals surface area contributed by atoms with Crippen molar-refractivity contribution in [2.75, 3.05) is 0 Å². The van der Waals surface area contributed by atoms with Crippen molar-refractivity contribution in [2.45, 2.75) is 6.54 Å². The molecule has 3 aromatic rings. The Morgan fingerprint density at radius 2 is 2.04 bits per heavy atom. The highest BCUT2D eigenvalue weighted by molar-refractivity contribution is 7.18. The minimum absolute atomic E-state index is 0.158. The molecular formula is C16H10ClN3OS2. The van der Waals surface area contributed by atoms with E-state index in [1.165, 1.54) is 22.7 Å². The van der Waals surface area contributed by atoms with Crippen LogP contribution in [0.2, 0.25) is 4.34 Å². The zero-order chi connectivity index (χ0) is 16.2. The summed E-state index contributed by atoms with van der Waals surface area (Å²) in [6.07, 6.45) is 0. The molecule has 0 unspecified atom stereocenters. The highest BCUT2D eigenvalue weighted by atomic mass is 35.5. The molecule has 114 valence electrons. The number of aromatic nitrogens is 1. The van der Waals surface area contributed by atoms with E-state index in [9.17, 15) is 4.79 Å². The van der Waals surface area contributed by atoms with E-state index >= 15 is 0 Å². The predicted octanol–water partition coefficient (Wildman–Crippen LogP) is 4.33. The molecule has 2 heterocycles. The summed E-state index contributed by atoms with van der Waals surface area (Å²) in [4.78, 5) is 17.1. The van der Waals surface area contributed by atoms with Crippen molar-refractivity contribution in [1.29, 1.82) is 5.26 Å². The molecule has 7 heteroatoms. The number of rotatable bonds is 4. The summed E-state index contributed by atoms with van der Waals surface area (Å²) in [6, 6.07) is 12.8. The smallest absolute Gasteiger partial charge is 0.261 e. The number of amides is 1. The fraction of sp³-hybridized carbons (Fsp3) is 0.0625. The summed E-state index contributed by atoms with van der Waals surface area (Å²) in [7, 11) is 0. The molecule has 0 saturated heterocycles. The van der Waals surface area contributed by atoms with Gasteiger partial charge in [-0.3, -0.25) is 4.79 Å². The molecule has 3 rings (SSSR count). The van der Waals surface area contributed by atoms with Gasteiger partial charge in [0.25, 0.3) is 5.91 Å². The first-order chi connectivity index (χ1) is 11.2. The lowest BCUT2D eigenvalue weighted by molar-refractivity contribution is 0.0954. The number of nitriles is 1. The standard InChI is InChI=1S/C16H10ClN3OS2/c17-14-6-5-13(23-14)15(21)19-8-12-9-22-16(20-12)11-3-1-10(7-18)2-4-11/h1-6,9H,8H2,(H,19,21). The largest absolute Gasteiger partial charge is 0.346 e. The Morgan fingerprint density at radius 3 is 2.70 bits per heavy atom. The van der Waals surface area contributed by atoms with Crippen molar-refractivity contribution >= 4 is 40.2 Å². The van der Waals surface area contributed by atoms with Gasteiger partial charge in [0, 0.05) is 10.9 Å². The van der Waals surface area contributed by atoms with Crippen LogP contribution in [0, 0.1) is 11.3 Å². The Hall–Kier alpha value is -2.20. The third-order valence-corrected chi connectivity index (χ3v) is 5.21. The number of carbonyl (C=O) groups is 1. The van der Waals surface area contributed by atoms with E-state index in [0.29, 0.717) is 21.3 Å². The Morgan fingerprint density at radius 1 is 1.26 bits per heavy atom. The maximum atomic E-state index is 12.0. The Balaban J connectivity index is 1.65. The van der Waals surface area contributed by atoms with E-state index in [-0.39, 0.29) is 5.91 Å². The van der Waals surface area contributed by atoms with Crippen molar-refractivity contribution in [3.63, 3.8) is 0 Å². The van der Waals surface area contributed by atoms with Gasteiger partial charge in [0.15, 0.2) is 0 Å². The molecule has 4 nitrogen and oxygen atoms in total. The lowest BCUT2D eigenvalue weighted by Crippen LogP contribution is -2.21. The number of halogens is 1. The quantitative estimate of drug-likeness (QED) is 0.754. The maximum Gasteiger partial charge on any atom is 0.261 e. The molecular weight excluding hydrogens is 350 g/mol. The van der Waals surface area contributed by atoms with Crippen molar-refractivity contribution in [3.05, 3.63) is 62.2 Å². The van der Waals surface area contributed by atoms with E-state index in [1.807, 2.05) is 17.5 Å². The number of thiazole rings is 1. The zero-order valence-corrected chi connectivity index (χ0v) is 14.1. The molecule has 0 fully saturated rings. The van der Waals surface area contributed by atoms with E-state index < -0.39 is 0 Å². The van der Waals surface area contributed by atoms with Gasteiger partial charge in [-0.2, -0.15) is 5.26 Å². The van der Waals surface area contributed by atoms with Gasteiger partial charge in [0.2, 0.25) is 0 Å². The molecule has 0 bridgehead atoms. The summed E-state index contributed by atoms with van der Waals surface area (Å²) >= 11 is 8.57. The van der Waals surface area contributed by atoms with Gasteiger partial charge >= 0.3 is 0 Å². The van der Waals surface area contributed by atoms with E-state index in [1.54, 1.807) is 24.3 Å². The molecule has 0 aliphatic carbocycles. The van der Waals surface area contributed by atoms with Crippen molar-refractivity contribution in [2.24, 2.45) is 0 Å². The number of hydrogen-bond acceptors (Lipinski definition) is 5. The molecule has 0 radical (unpaired) electrons. The van der Waals surface area contributed by atoms with Crippen LogP contribution >= 0.6 is 34.3 Å². The second-order valence-corrected chi connectivity index (χ2v) is 7.19. The third kappa shape index (κ3) is 3.77. The molecule has 1 N–H and O–H groups in total. The van der Waals surface area contributed by atoms with E-state index in [4.69, 9.17) is 16.9 Å². The summed E-state index contributed by atoms with van der Waals surface area (Å²) < 4.78 is 0.590. The molecule has 1 aromatic carbocycles. The third-order valence-electron chi connectivity index (χ3n) is 3.04. The van der Waals surface area contributed by atoms with E-state index in [0.717, 1.165) is 16.3 Å². The van der Waals surface area contributed by atoms with E-state index in [2.05, 4.69) is 16.4 Å². The number of carbonyl (C=O) groups excluding carboxylic acids is 1. The van der Waals surface area contributed by atoms with Crippen molar-refractivity contribution < 1.29 is 4.79 Å². The predicted molar refractivity (Wildman–Crippen MR) is 92.8 cm³/mol. The number of hydrogen-bond donors (Lipinski definition) is 1. The van der Waals surface area contributed by atoms with Gasteiger partial charge in [-0.05, 0) is 24.3 Å². The minimum atomic E-state index is -0.158. The molecule has 0 atom stereocenters. The molecule has 0 aliphatic rings. The SMILES string of the molecule is N#Cc1ccc(-c2nc(CNC(=O)c3ccc(Cl)s3)cs2)cc1. The first-order valence-corrected chi connectivity index (χ1v) is 8.71. The first-order valence-electron chi connectivity index (χ1n) is 6.64. The average molecular weight is 360 g/mol.